The van der Waals surface area contributed by atoms with Gasteiger partial charge in [-0.1, -0.05) is 46.8 Å². The highest BCUT2D eigenvalue weighted by atomic mass is 16.3. The third-order valence-electron chi connectivity index (χ3n) is 3.67. The lowest BCUT2D eigenvalue weighted by Gasteiger charge is -2.33. The molecule has 1 atom stereocenters. The average Bonchev–Trinajstić information content (AvgIpc) is 2.17. The van der Waals surface area contributed by atoms with E-state index in [-0.39, 0.29) is 5.41 Å². The van der Waals surface area contributed by atoms with Crippen molar-refractivity contribution in [2.45, 2.75) is 46.5 Å². The van der Waals surface area contributed by atoms with Crippen LogP contribution >= 0.6 is 0 Å². The Morgan fingerprint density at radius 2 is 1.56 bits per heavy atom. The molecule has 0 bridgehead atoms. The molecule has 1 nitrogen and oxygen atoms in total. The fraction of sp³-hybridized carbons (Fsp3) is 0.600. The van der Waals surface area contributed by atoms with Crippen LogP contribution in [0.25, 0.3) is 0 Å². The van der Waals surface area contributed by atoms with E-state index >= 15 is 0 Å². The number of aromatic hydroxyl groups is 1. The zero-order valence-corrected chi connectivity index (χ0v) is 11.1. The molecule has 1 unspecified atom stereocenters. The molecule has 1 heteroatoms. The monoisotopic (exact) mass is 220 g/mol. The Morgan fingerprint density at radius 3 is 2.00 bits per heavy atom. The van der Waals surface area contributed by atoms with Gasteiger partial charge in [-0.2, -0.15) is 0 Å². The first-order chi connectivity index (χ1) is 7.34. The van der Waals surface area contributed by atoms with Crippen molar-refractivity contribution in [3.05, 3.63) is 29.8 Å². The number of hydrogen-bond acceptors (Lipinski definition) is 1. The van der Waals surface area contributed by atoms with Crippen molar-refractivity contribution in [3.63, 3.8) is 0 Å². The van der Waals surface area contributed by atoms with Gasteiger partial charge in [0.15, 0.2) is 0 Å². The van der Waals surface area contributed by atoms with E-state index < -0.39 is 0 Å². The number of phenols is 1. The molecule has 0 radical (unpaired) electrons. The molecule has 0 heterocycles. The zero-order chi connectivity index (χ0) is 12.3. The maximum atomic E-state index is 9.31. The minimum Gasteiger partial charge on any atom is -0.508 e. The second-order valence-electron chi connectivity index (χ2n) is 5.80. The summed E-state index contributed by atoms with van der Waals surface area (Å²) < 4.78 is 0. The summed E-state index contributed by atoms with van der Waals surface area (Å²) in [6, 6.07) is 7.62. The van der Waals surface area contributed by atoms with Crippen molar-refractivity contribution >= 4 is 0 Å². The maximum absolute atomic E-state index is 9.31. The van der Waals surface area contributed by atoms with Crippen LogP contribution in [0.15, 0.2) is 24.3 Å². The lowest BCUT2D eigenvalue weighted by atomic mass is 9.71. The Labute approximate surface area is 99.5 Å². The first-order valence-corrected chi connectivity index (χ1v) is 6.13. The molecule has 0 aliphatic rings. The topological polar surface area (TPSA) is 20.2 Å². The highest BCUT2D eigenvalue weighted by Gasteiger charge is 2.28. The van der Waals surface area contributed by atoms with Gasteiger partial charge in [0.1, 0.15) is 5.75 Å². The van der Waals surface area contributed by atoms with Gasteiger partial charge in [0.2, 0.25) is 0 Å². The van der Waals surface area contributed by atoms with Crippen molar-refractivity contribution in [3.8, 4) is 5.75 Å². The van der Waals surface area contributed by atoms with E-state index in [9.17, 15) is 5.11 Å². The minimum absolute atomic E-state index is 0.165. The largest absolute Gasteiger partial charge is 0.508 e. The number of benzene rings is 1. The highest BCUT2D eigenvalue weighted by Crippen LogP contribution is 2.35. The SMILES string of the molecule is CC(C)CC(C)C(C)(C)c1ccc(O)cc1. The molecule has 90 valence electrons. The van der Waals surface area contributed by atoms with Crippen molar-refractivity contribution in [1.29, 1.82) is 0 Å². The molecular weight excluding hydrogens is 196 g/mol. The first-order valence-electron chi connectivity index (χ1n) is 6.13. The second-order valence-corrected chi connectivity index (χ2v) is 5.80. The van der Waals surface area contributed by atoms with Crippen molar-refractivity contribution in [2.24, 2.45) is 11.8 Å². The number of phenolic OH excluding ortho intramolecular Hbond substituents is 1. The molecule has 0 spiro atoms. The molecule has 0 saturated heterocycles. The fourth-order valence-corrected chi connectivity index (χ4v) is 2.18. The lowest BCUT2D eigenvalue weighted by Crippen LogP contribution is -2.27. The van der Waals surface area contributed by atoms with E-state index in [1.54, 1.807) is 12.1 Å². The summed E-state index contributed by atoms with van der Waals surface area (Å²) in [6.45, 7) is 11.4. The van der Waals surface area contributed by atoms with Gasteiger partial charge in [-0.3, -0.25) is 0 Å². The second kappa shape index (κ2) is 4.90. The first kappa shape index (κ1) is 13.1. The number of rotatable bonds is 4. The van der Waals surface area contributed by atoms with Crippen molar-refractivity contribution < 1.29 is 5.11 Å². The van der Waals surface area contributed by atoms with Crippen LogP contribution in [0.1, 0.15) is 46.6 Å². The zero-order valence-electron chi connectivity index (χ0n) is 11.1. The molecule has 1 aromatic rings. The van der Waals surface area contributed by atoms with Crippen molar-refractivity contribution in [1.82, 2.24) is 0 Å². The van der Waals surface area contributed by atoms with Crippen LogP contribution in [0.5, 0.6) is 5.75 Å². The van der Waals surface area contributed by atoms with Gasteiger partial charge in [0.25, 0.3) is 0 Å². The van der Waals surface area contributed by atoms with Crippen LogP contribution in [-0.2, 0) is 5.41 Å². The van der Waals surface area contributed by atoms with Crippen LogP contribution in [0.4, 0.5) is 0 Å². The molecular formula is C15H24O. The van der Waals surface area contributed by atoms with Gasteiger partial charge >= 0.3 is 0 Å². The number of hydrogen-bond donors (Lipinski definition) is 1. The van der Waals surface area contributed by atoms with E-state index in [1.165, 1.54) is 12.0 Å². The standard InChI is InChI=1S/C15H24O/c1-11(2)10-12(3)15(4,5)13-6-8-14(16)9-7-13/h6-9,11-12,16H,10H2,1-5H3. The summed E-state index contributed by atoms with van der Waals surface area (Å²) in [5, 5.41) is 9.31. The Morgan fingerprint density at radius 1 is 1.06 bits per heavy atom. The van der Waals surface area contributed by atoms with Crippen LogP contribution in [0.3, 0.4) is 0 Å². The maximum Gasteiger partial charge on any atom is 0.115 e. The summed E-state index contributed by atoms with van der Waals surface area (Å²) in [5.41, 5.74) is 1.47. The third kappa shape index (κ3) is 3.01. The van der Waals surface area contributed by atoms with Gasteiger partial charge in [-0.15, -0.1) is 0 Å². The van der Waals surface area contributed by atoms with Gasteiger partial charge < -0.3 is 5.11 Å². The molecule has 0 aromatic heterocycles. The Hall–Kier alpha value is -0.980. The van der Waals surface area contributed by atoms with E-state index in [2.05, 4.69) is 34.6 Å². The summed E-state index contributed by atoms with van der Waals surface area (Å²) in [5.74, 6) is 1.71. The summed E-state index contributed by atoms with van der Waals surface area (Å²) in [7, 11) is 0. The Kier molecular flexibility index (Phi) is 4.01. The van der Waals surface area contributed by atoms with E-state index in [1.807, 2.05) is 12.1 Å². The third-order valence-corrected chi connectivity index (χ3v) is 3.67. The van der Waals surface area contributed by atoms with Crippen LogP contribution in [-0.4, -0.2) is 5.11 Å². The quantitative estimate of drug-likeness (QED) is 0.799. The van der Waals surface area contributed by atoms with Crippen LogP contribution in [0, 0.1) is 11.8 Å². The van der Waals surface area contributed by atoms with Gasteiger partial charge in [0, 0.05) is 0 Å². The van der Waals surface area contributed by atoms with Crippen molar-refractivity contribution in [2.75, 3.05) is 0 Å². The van der Waals surface area contributed by atoms with Gasteiger partial charge in [-0.25, -0.2) is 0 Å². The molecule has 0 amide bonds. The smallest absolute Gasteiger partial charge is 0.115 e. The molecule has 0 saturated carbocycles. The lowest BCUT2D eigenvalue weighted by molar-refractivity contribution is 0.290. The predicted octanol–water partition coefficient (Wildman–Crippen LogP) is 4.35. The summed E-state index contributed by atoms with van der Waals surface area (Å²) in [6.07, 6.45) is 1.23. The summed E-state index contributed by atoms with van der Waals surface area (Å²) >= 11 is 0. The van der Waals surface area contributed by atoms with Crippen LogP contribution < -0.4 is 0 Å². The molecule has 0 aliphatic carbocycles. The average molecular weight is 220 g/mol. The minimum atomic E-state index is 0.165. The molecule has 1 N–H and O–H groups in total. The summed E-state index contributed by atoms with van der Waals surface area (Å²) in [4.78, 5) is 0. The molecule has 0 fully saturated rings. The normalized spacial score (nSPS) is 14.1. The van der Waals surface area contributed by atoms with Gasteiger partial charge in [0.05, 0.1) is 0 Å². The predicted molar refractivity (Wildman–Crippen MR) is 69.8 cm³/mol. The molecule has 1 aromatic carbocycles. The molecule has 16 heavy (non-hydrogen) atoms. The highest BCUT2D eigenvalue weighted by molar-refractivity contribution is 5.31. The van der Waals surface area contributed by atoms with E-state index in [4.69, 9.17) is 0 Å². The van der Waals surface area contributed by atoms with E-state index in [0.717, 1.165) is 5.92 Å². The molecule has 0 aliphatic heterocycles. The Bertz CT molecular complexity index is 322. The Balaban J connectivity index is 2.87. The van der Waals surface area contributed by atoms with Gasteiger partial charge in [-0.05, 0) is 41.4 Å². The van der Waals surface area contributed by atoms with E-state index in [0.29, 0.717) is 11.7 Å². The molecule has 1 rings (SSSR count). The van der Waals surface area contributed by atoms with Crippen LogP contribution in [0.2, 0.25) is 0 Å². The fourth-order valence-electron chi connectivity index (χ4n) is 2.18.